The Kier molecular flexibility index (Phi) is 5.74. The fraction of sp³-hybridized carbons (Fsp3) is 0.312. The SMILES string of the molecule is CCOc1ccc(C(=O)NCC(=O)OCc2cc(C)on2)cc1. The number of aryl methyl sites for hydroxylation is 1. The lowest BCUT2D eigenvalue weighted by atomic mass is 10.2. The van der Waals surface area contributed by atoms with E-state index in [2.05, 4.69) is 10.5 Å². The molecule has 0 aliphatic carbocycles. The Morgan fingerprint density at radius 3 is 2.61 bits per heavy atom. The van der Waals surface area contributed by atoms with E-state index in [0.717, 1.165) is 0 Å². The van der Waals surface area contributed by atoms with Crippen LogP contribution in [0.5, 0.6) is 5.75 Å². The summed E-state index contributed by atoms with van der Waals surface area (Å²) in [5, 5.41) is 6.20. The number of esters is 1. The van der Waals surface area contributed by atoms with Crippen molar-refractivity contribution in [1.82, 2.24) is 10.5 Å². The lowest BCUT2D eigenvalue weighted by Gasteiger charge is -2.06. The third-order valence-corrected chi connectivity index (χ3v) is 2.88. The van der Waals surface area contributed by atoms with E-state index in [4.69, 9.17) is 14.0 Å². The lowest BCUT2D eigenvalue weighted by molar-refractivity contribution is -0.143. The molecule has 7 nitrogen and oxygen atoms in total. The van der Waals surface area contributed by atoms with Gasteiger partial charge in [-0.2, -0.15) is 0 Å². The van der Waals surface area contributed by atoms with Crippen molar-refractivity contribution in [2.24, 2.45) is 0 Å². The molecule has 0 saturated heterocycles. The van der Waals surface area contributed by atoms with Crippen molar-refractivity contribution < 1.29 is 23.6 Å². The van der Waals surface area contributed by atoms with Crippen LogP contribution in [0.3, 0.4) is 0 Å². The Bertz CT molecular complexity index is 663. The number of nitrogens with zero attached hydrogens (tertiary/aromatic N) is 1. The maximum Gasteiger partial charge on any atom is 0.325 e. The van der Waals surface area contributed by atoms with E-state index >= 15 is 0 Å². The second kappa shape index (κ2) is 7.98. The number of hydrogen-bond donors (Lipinski definition) is 1. The Labute approximate surface area is 133 Å². The van der Waals surface area contributed by atoms with E-state index in [0.29, 0.717) is 29.4 Å². The molecule has 1 N–H and O–H groups in total. The average molecular weight is 318 g/mol. The molecule has 0 fully saturated rings. The van der Waals surface area contributed by atoms with Crippen LogP contribution in [0.2, 0.25) is 0 Å². The summed E-state index contributed by atoms with van der Waals surface area (Å²) in [4.78, 5) is 23.5. The number of carbonyl (C=O) groups excluding carboxylic acids is 2. The minimum Gasteiger partial charge on any atom is -0.494 e. The molecule has 1 heterocycles. The van der Waals surface area contributed by atoms with Crippen LogP contribution in [0.15, 0.2) is 34.9 Å². The summed E-state index contributed by atoms with van der Waals surface area (Å²) in [6.07, 6.45) is 0. The highest BCUT2D eigenvalue weighted by Crippen LogP contribution is 2.11. The first-order valence-corrected chi connectivity index (χ1v) is 7.17. The number of carbonyl (C=O) groups is 2. The highest BCUT2D eigenvalue weighted by atomic mass is 16.5. The van der Waals surface area contributed by atoms with Crippen molar-refractivity contribution in [1.29, 1.82) is 0 Å². The van der Waals surface area contributed by atoms with Gasteiger partial charge in [0, 0.05) is 11.6 Å². The van der Waals surface area contributed by atoms with Crippen LogP contribution in [-0.4, -0.2) is 30.2 Å². The molecule has 1 aromatic carbocycles. The summed E-state index contributed by atoms with van der Waals surface area (Å²) < 4.78 is 15.1. The first-order valence-electron chi connectivity index (χ1n) is 7.17. The Morgan fingerprint density at radius 2 is 2.00 bits per heavy atom. The topological polar surface area (TPSA) is 90.7 Å². The van der Waals surface area contributed by atoms with Crippen molar-refractivity contribution in [3.05, 3.63) is 47.3 Å². The minimum absolute atomic E-state index is 0.00903. The quantitative estimate of drug-likeness (QED) is 0.784. The summed E-state index contributed by atoms with van der Waals surface area (Å²) in [7, 11) is 0. The molecular formula is C16H18N2O5. The van der Waals surface area contributed by atoms with Gasteiger partial charge in [-0.05, 0) is 38.1 Å². The third-order valence-electron chi connectivity index (χ3n) is 2.88. The molecule has 1 aromatic heterocycles. The van der Waals surface area contributed by atoms with E-state index in [1.807, 2.05) is 6.92 Å². The van der Waals surface area contributed by atoms with Gasteiger partial charge in [0.2, 0.25) is 0 Å². The van der Waals surface area contributed by atoms with Gasteiger partial charge >= 0.3 is 5.97 Å². The van der Waals surface area contributed by atoms with Gasteiger partial charge in [-0.15, -0.1) is 0 Å². The van der Waals surface area contributed by atoms with Gasteiger partial charge in [0.25, 0.3) is 5.91 Å². The number of ether oxygens (including phenoxy) is 2. The average Bonchev–Trinajstić information content (AvgIpc) is 2.97. The van der Waals surface area contributed by atoms with Crippen LogP contribution in [0, 0.1) is 6.92 Å². The van der Waals surface area contributed by atoms with E-state index in [1.54, 1.807) is 37.3 Å². The maximum atomic E-state index is 11.9. The highest BCUT2D eigenvalue weighted by Gasteiger charge is 2.10. The Morgan fingerprint density at radius 1 is 1.26 bits per heavy atom. The smallest absolute Gasteiger partial charge is 0.325 e. The van der Waals surface area contributed by atoms with Gasteiger partial charge in [0.05, 0.1) is 6.61 Å². The molecule has 0 unspecified atom stereocenters. The molecule has 1 amide bonds. The van der Waals surface area contributed by atoms with Gasteiger partial charge in [-0.3, -0.25) is 9.59 Å². The van der Waals surface area contributed by atoms with Crippen molar-refractivity contribution >= 4 is 11.9 Å². The van der Waals surface area contributed by atoms with Gasteiger partial charge in [-0.25, -0.2) is 0 Å². The normalized spacial score (nSPS) is 10.2. The highest BCUT2D eigenvalue weighted by molar-refractivity contribution is 5.95. The van der Waals surface area contributed by atoms with E-state index < -0.39 is 5.97 Å². The van der Waals surface area contributed by atoms with Crippen LogP contribution in [0.1, 0.15) is 28.7 Å². The summed E-state index contributed by atoms with van der Waals surface area (Å²) in [6, 6.07) is 8.33. The van der Waals surface area contributed by atoms with Gasteiger partial charge in [0.15, 0.2) is 0 Å². The second-order valence-electron chi connectivity index (χ2n) is 4.73. The summed E-state index contributed by atoms with van der Waals surface area (Å²) in [6.45, 7) is 3.97. The fourth-order valence-corrected chi connectivity index (χ4v) is 1.82. The van der Waals surface area contributed by atoms with E-state index in [1.165, 1.54) is 0 Å². The molecule has 0 atom stereocenters. The largest absolute Gasteiger partial charge is 0.494 e. The second-order valence-corrected chi connectivity index (χ2v) is 4.73. The van der Waals surface area contributed by atoms with Crippen molar-refractivity contribution in [3.63, 3.8) is 0 Å². The van der Waals surface area contributed by atoms with Gasteiger partial charge in [0.1, 0.15) is 30.4 Å². The van der Waals surface area contributed by atoms with Gasteiger partial charge in [-0.1, -0.05) is 5.16 Å². The third kappa shape index (κ3) is 5.14. The van der Waals surface area contributed by atoms with Crippen molar-refractivity contribution in [2.45, 2.75) is 20.5 Å². The molecule has 7 heteroatoms. The Hall–Kier alpha value is -2.83. The number of benzene rings is 1. The van der Waals surface area contributed by atoms with Crippen LogP contribution in [0.25, 0.3) is 0 Å². The fourth-order valence-electron chi connectivity index (χ4n) is 1.82. The summed E-state index contributed by atoms with van der Waals surface area (Å²) in [5.41, 5.74) is 0.960. The number of rotatable bonds is 7. The standard InChI is InChI=1S/C16H18N2O5/c1-3-21-14-6-4-12(5-7-14)16(20)17-9-15(19)22-10-13-8-11(2)23-18-13/h4-8H,3,9-10H2,1-2H3,(H,17,20). The lowest BCUT2D eigenvalue weighted by Crippen LogP contribution is -2.30. The number of amides is 1. The number of aromatic nitrogens is 1. The van der Waals surface area contributed by atoms with E-state index in [9.17, 15) is 9.59 Å². The zero-order valence-corrected chi connectivity index (χ0v) is 13.0. The molecule has 0 bridgehead atoms. The van der Waals surface area contributed by atoms with E-state index in [-0.39, 0.29) is 19.1 Å². The summed E-state index contributed by atoms with van der Waals surface area (Å²) in [5.74, 6) is 0.415. The number of nitrogens with one attached hydrogen (secondary N) is 1. The minimum atomic E-state index is -0.551. The van der Waals surface area contributed by atoms with Crippen LogP contribution < -0.4 is 10.1 Å². The first-order chi connectivity index (χ1) is 11.1. The van der Waals surface area contributed by atoms with Crippen LogP contribution >= 0.6 is 0 Å². The summed E-state index contributed by atoms with van der Waals surface area (Å²) >= 11 is 0. The van der Waals surface area contributed by atoms with Crippen LogP contribution in [-0.2, 0) is 16.1 Å². The molecule has 0 aliphatic rings. The Balaban J connectivity index is 1.75. The van der Waals surface area contributed by atoms with Crippen LogP contribution in [0.4, 0.5) is 0 Å². The zero-order chi connectivity index (χ0) is 16.7. The number of hydrogen-bond acceptors (Lipinski definition) is 6. The maximum absolute atomic E-state index is 11.9. The van der Waals surface area contributed by atoms with Gasteiger partial charge < -0.3 is 19.3 Å². The molecule has 0 saturated carbocycles. The molecule has 2 rings (SSSR count). The molecule has 0 radical (unpaired) electrons. The predicted octanol–water partition coefficient (Wildman–Crippen LogP) is 1.85. The molecule has 0 aliphatic heterocycles. The predicted molar refractivity (Wildman–Crippen MR) is 81.0 cm³/mol. The molecule has 23 heavy (non-hydrogen) atoms. The van der Waals surface area contributed by atoms with Crippen molar-refractivity contribution in [2.75, 3.05) is 13.2 Å². The zero-order valence-electron chi connectivity index (χ0n) is 13.0. The molecule has 122 valence electrons. The monoisotopic (exact) mass is 318 g/mol. The van der Waals surface area contributed by atoms with Crippen molar-refractivity contribution in [3.8, 4) is 5.75 Å². The molecule has 0 spiro atoms. The first kappa shape index (κ1) is 16.5. The molecule has 2 aromatic rings. The molecular weight excluding hydrogens is 300 g/mol.